The molecule has 0 aliphatic rings. The summed E-state index contributed by atoms with van der Waals surface area (Å²) >= 11 is 0. The Labute approximate surface area is 105 Å². The highest BCUT2D eigenvalue weighted by molar-refractivity contribution is 5.91. The van der Waals surface area contributed by atoms with E-state index in [-0.39, 0.29) is 11.4 Å². The molecule has 0 radical (unpaired) electrons. The summed E-state index contributed by atoms with van der Waals surface area (Å²) in [5, 5.41) is 9.10. The molecule has 2 aromatic rings. The molecule has 2 rings (SSSR count). The van der Waals surface area contributed by atoms with Crippen molar-refractivity contribution >= 4 is 5.97 Å². The minimum atomic E-state index is -0.995. The number of hydrogen-bond donors (Lipinski definition) is 1. The van der Waals surface area contributed by atoms with Gasteiger partial charge in [0.2, 0.25) is 0 Å². The Bertz CT molecular complexity index is 618. The minimum Gasteiger partial charge on any atom is -0.478 e. The van der Waals surface area contributed by atoms with Crippen LogP contribution in [0.5, 0.6) is 0 Å². The van der Waals surface area contributed by atoms with E-state index < -0.39 is 5.97 Å². The average molecular weight is 244 g/mol. The van der Waals surface area contributed by atoms with Gasteiger partial charge in [0.05, 0.1) is 5.56 Å². The predicted octanol–water partition coefficient (Wildman–Crippen LogP) is 3.81. The van der Waals surface area contributed by atoms with Crippen LogP contribution in [0.25, 0.3) is 11.1 Å². The Hall–Kier alpha value is -2.16. The maximum atomic E-state index is 13.7. The van der Waals surface area contributed by atoms with Crippen molar-refractivity contribution in [3.05, 3.63) is 58.9 Å². The lowest BCUT2D eigenvalue weighted by molar-refractivity contribution is 0.0696. The molecule has 0 amide bonds. The summed E-state index contributed by atoms with van der Waals surface area (Å²) in [7, 11) is 0. The summed E-state index contributed by atoms with van der Waals surface area (Å²) in [5.41, 5.74) is 2.80. The third kappa shape index (κ3) is 2.12. The standard InChI is InChI=1S/C15H13FO2/c1-9-7-10(2)13(15(17)18)8-12(9)11-5-3-4-6-14(11)16/h3-8H,1-2H3,(H,17,18). The number of halogens is 1. The Morgan fingerprint density at radius 3 is 2.33 bits per heavy atom. The Morgan fingerprint density at radius 1 is 1.06 bits per heavy atom. The molecule has 3 heteroatoms. The largest absolute Gasteiger partial charge is 0.478 e. The van der Waals surface area contributed by atoms with E-state index in [1.807, 2.05) is 6.92 Å². The van der Waals surface area contributed by atoms with Crippen molar-refractivity contribution in [2.75, 3.05) is 0 Å². The molecule has 1 N–H and O–H groups in total. The zero-order valence-electron chi connectivity index (χ0n) is 10.2. The van der Waals surface area contributed by atoms with Crippen LogP contribution in [0, 0.1) is 19.7 Å². The zero-order chi connectivity index (χ0) is 13.3. The molecule has 92 valence electrons. The van der Waals surface area contributed by atoms with Crippen LogP contribution in [0.15, 0.2) is 36.4 Å². The number of carboxylic acid groups (broad SMARTS) is 1. The number of aryl methyl sites for hydroxylation is 2. The second kappa shape index (κ2) is 4.61. The summed E-state index contributed by atoms with van der Waals surface area (Å²) in [4.78, 5) is 11.1. The van der Waals surface area contributed by atoms with E-state index in [9.17, 15) is 9.18 Å². The fraction of sp³-hybridized carbons (Fsp3) is 0.133. The number of hydrogen-bond acceptors (Lipinski definition) is 1. The number of rotatable bonds is 2. The van der Waals surface area contributed by atoms with Crippen molar-refractivity contribution in [1.82, 2.24) is 0 Å². The molecule has 0 aromatic heterocycles. The van der Waals surface area contributed by atoms with E-state index in [1.54, 1.807) is 31.2 Å². The van der Waals surface area contributed by atoms with Crippen LogP contribution in [0.2, 0.25) is 0 Å². The van der Waals surface area contributed by atoms with Crippen LogP contribution in [-0.4, -0.2) is 11.1 Å². The lowest BCUT2D eigenvalue weighted by Crippen LogP contribution is -2.01. The predicted molar refractivity (Wildman–Crippen MR) is 68.3 cm³/mol. The first-order valence-electron chi connectivity index (χ1n) is 5.60. The Balaban J connectivity index is 2.69. The van der Waals surface area contributed by atoms with E-state index in [4.69, 9.17) is 5.11 Å². The van der Waals surface area contributed by atoms with Gasteiger partial charge in [-0.15, -0.1) is 0 Å². The first-order valence-corrected chi connectivity index (χ1v) is 5.60. The van der Waals surface area contributed by atoms with E-state index >= 15 is 0 Å². The molecule has 0 heterocycles. The quantitative estimate of drug-likeness (QED) is 0.872. The van der Waals surface area contributed by atoms with Gasteiger partial charge >= 0.3 is 5.97 Å². The lowest BCUT2D eigenvalue weighted by Gasteiger charge is -2.10. The minimum absolute atomic E-state index is 0.207. The van der Waals surface area contributed by atoms with Crippen LogP contribution in [0.1, 0.15) is 21.5 Å². The van der Waals surface area contributed by atoms with Crippen molar-refractivity contribution in [3.63, 3.8) is 0 Å². The fourth-order valence-corrected chi connectivity index (χ4v) is 2.05. The third-order valence-electron chi connectivity index (χ3n) is 2.97. The van der Waals surface area contributed by atoms with Crippen LogP contribution in [0.4, 0.5) is 4.39 Å². The molecule has 0 saturated heterocycles. The molecular formula is C15H13FO2. The van der Waals surface area contributed by atoms with E-state index in [0.717, 1.165) is 5.56 Å². The van der Waals surface area contributed by atoms with Gasteiger partial charge in [-0.25, -0.2) is 9.18 Å². The first kappa shape index (κ1) is 12.3. The van der Waals surface area contributed by atoms with Crippen LogP contribution < -0.4 is 0 Å². The molecule has 0 aliphatic carbocycles. The summed E-state index contributed by atoms with van der Waals surface area (Å²) in [6, 6.07) is 9.67. The number of benzene rings is 2. The highest BCUT2D eigenvalue weighted by Gasteiger charge is 2.13. The van der Waals surface area contributed by atoms with Gasteiger partial charge in [-0.3, -0.25) is 0 Å². The number of carboxylic acids is 1. The molecule has 18 heavy (non-hydrogen) atoms. The van der Waals surface area contributed by atoms with Gasteiger partial charge in [0.25, 0.3) is 0 Å². The van der Waals surface area contributed by atoms with E-state index in [1.165, 1.54) is 12.1 Å². The maximum absolute atomic E-state index is 13.7. The summed E-state index contributed by atoms with van der Waals surface area (Å²) in [5.74, 6) is -1.34. The van der Waals surface area contributed by atoms with Gasteiger partial charge < -0.3 is 5.11 Å². The molecule has 0 spiro atoms. The highest BCUT2D eigenvalue weighted by Crippen LogP contribution is 2.28. The zero-order valence-corrected chi connectivity index (χ0v) is 10.2. The summed E-state index contributed by atoms with van der Waals surface area (Å²) in [6.45, 7) is 3.59. The van der Waals surface area contributed by atoms with Crippen molar-refractivity contribution in [2.45, 2.75) is 13.8 Å². The lowest BCUT2D eigenvalue weighted by atomic mass is 9.95. The topological polar surface area (TPSA) is 37.3 Å². The third-order valence-corrected chi connectivity index (χ3v) is 2.97. The van der Waals surface area contributed by atoms with Crippen LogP contribution in [0.3, 0.4) is 0 Å². The molecule has 2 aromatic carbocycles. The number of aromatic carboxylic acids is 1. The summed E-state index contributed by atoms with van der Waals surface area (Å²) < 4.78 is 13.7. The van der Waals surface area contributed by atoms with Crippen molar-refractivity contribution in [1.29, 1.82) is 0 Å². The monoisotopic (exact) mass is 244 g/mol. The number of carbonyl (C=O) groups is 1. The molecule has 0 bridgehead atoms. The SMILES string of the molecule is Cc1cc(C)c(-c2ccccc2F)cc1C(=O)O. The molecule has 0 saturated carbocycles. The first-order chi connectivity index (χ1) is 8.50. The van der Waals surface area contributed by atoms with Gasteiger partial charge in [-0.1, -0.05) is 24.3 Å². The van der Waals surface area contributed by atoms with Crippen molar-refractivity contribution < 1.29 is 14.3 Å². The van der Waals surface area contributed by atoms with Crippen LogP contribution >= 0.6 is 0 Å². The van der Waals surface area contributed by atoms with Crippen LogP contribution in [-0.2, 0) is 0 Å². The molecule has 2 nitrogen and oxygen atoms in total. The van der Waals surface area contributed by atoms with Crippen molar-refractivity contribution in [3.8, 4) is 11.1 Å². The molecule has 0 unspecified atom stereocenters. The van der Waals surface area contributed by atoms with E-state index in [0.29, 0.717) is 16.7 Å². The molecule has 0 aliphatic heterocycles. The smallest absolute Gasteiger partial charge is 0.335 e. The fourth-order valence-electron chi connectivity index (χ4n) is 2.05. The highest BCUT2D eigenvalue weighted by atomic mass is 19.1. The molecular weight excluding hydrogens is 231 g/mol. The molecule has 0 fully saturated rings. The Kier molecular flexibility index (Phi) is 3.15. The van der Waals surface area contributed by atoms with E-state index in [2.05, 4.69) is 0 Å². The van der Waals surface area contributed by atoms with Gasteiger partial charge in [0.1, 0.15) is 5.82 Å². The second-order valence-corrected chi connectivity index (χ2v) is 4.27. The Morgan fingerprint density at radius 2 is 1.72 bits per heavy atom. The maximum Gasteiger partial charge on any atom is 0.335 e. The normalized spacial score (nSPS) is 10.4. The van der Waals surface area contributed by atoms with Gasteiger partial charge in [0.15, 0.2) is 0 Å². The molecule has 0 atom stereocenters. The second-order valence-electron chi connectivity index (χ2n) is 4.27. The average Bonchev–Trinajstić information content (AvgIpc) is 2.30. The van der Waals surface area contributed by atoms with Gasteiger partial charge in [-0.2, -0.15) is 0 Å². The van der Waals surface area contributed by atoms with Gasteiger partial charge in [-0.05, 0) is 42.7 Å². The summed E-state index contributed by atoms with van der Waals surface area (Å²) in [6.07, 6.45) is 0. The van der Waals surface area contributed by atoms with Crippen molar-refractivity contribution in [2.24, 2.45) is 0 Å². The van der Waals surface area contributed by atoms with Gasteiger partial charge in [0, 0.05) is 5.56 Å².